The van der Waals surface area contributed by atoms with E-state index in [0.717, 1.165) is 15.8 Å². The molecule has 1 saturated heterocycles. The molecular weight excluding hydrogens is 474 g/mol. The normalized spacial score (nSPS) is 17.3. The number of rotatable bonds is 6. The lowest BCUT2D eigenvalue weighted by Gasteiger charge is -2.22. The molecule has 182 valence electrons. The van der Waals surface area contributed by atoms with Crippen LogP contribution in [-0.2, 0) is 9.59 Å². The number of thiazole rings is 1. The first-order valence-electron chi connectivity index (χ1n) is 11.7. The summed E-state index contributed by atoms with van der Waals surface area (Å²) < 4.78 is 6.74. The van der Waals surface area contributed by atoms with E-state index in [9.17, 15) is 14.7 Å². The van der Waals surface area contributed by atoms with Crippen molar-refractivity contribution >= 4 is 44.1 Å². The quantitative estimate of drug-likeness (QED) is 0.209. The van der Waals surface area contributed by atoms with E-state index in [4.69, 9.17) is 4.74 Å². The number of aromatic nitrogens is 2. The monoisotopic (exact) mass is 499 g/mol. The number of aliphatic hydroxyl groups excluding tert-OH is 1. The summed E-state index contributed by atoms with van der Waals surface area (Å²) in [5.74, 6) is -0.711. The molecule has 2 aromatic carbocycles. The van der Waals surface area contributed by atoms with E-state index in [1.807, 2.05) is 31.2 Å². The highest BCUT2D eigenvalue weighted by Gasteiger charge is 2.48. The number of hydrogen-bond acceptors (Lipinski definition) is 7. The van der Waals surface area contributed by atoms with Gasteiger partial charge in [0.05, 0.1) is 28.1 Å². The van der Waals surface area contributed by atoms with E-state index in [0.29, 0.717) is 34.7 Å². The van der Waals surface area contributed by atoms with Gasteiger partial charge >= 0.3 is 5.91 Å². The summed E-state index contributed by atoms with van der Waals surface area (Å²) in [6.45, 7) is 6.58. The molecule has 1 amide bonds. The van der Waals surface area contributed by atoms with E-state index in [1.165, 1.54) is 16.2 Å². The van der Waals surface area contributed by atoms with Gasteiger partial charge in [0.1, 0.15) is 17.6 Å². The fourth-order valence-corrected chi connectivity index (χ4v) is 5.17. The lowest BCUT2D eigenvalue weighted by atomic mass is 9.97. The largest absolute Gasteiger partial charge is 0.507 e. The number of aliphatic hydroxyl groups is 1. The van der Waals surface area contributed by atoms with Gasteiger partial charge in [-0.1, -0.05) is 43.4 Å². The minimum Gasteiger partial charge on any atom is -0.507 e. The van der Waals surface area contributed by atoms with Crippen LogP contribution in [0.15, 0.2) is 72.4 Å². The lowest BCUT2D eigenvalue weighted by molar-refractivity contribution is -0.132. The van der Waals surface area contributed by atoms with Crippen LogP contribution in [0.1, 0.15) is 36.7 Å². The summed E-state index contributed by atoms with van der Waals surface area (Å²) in [5, 5.41) is 11.7. The van der Waals surface area contributed by atoms with Crippen molar-refractivity contribution in [1.82, 2.24) is 9.97 Å². The Morgan fingerprint density at radius 3 is 2.58 bits per heavy atom. The van der Waals surface area contributed by atoms with Crippen molar-refractivity contribution in [2.75, 3.05) is 11.5 Å². The summed E-state index contributed by atoms with van der Waals surface area (Å²) in [4.78, 5) is 37.0. The van der Waals surface area contributed by atoms with Gasteiger partial charge < -0.3 is 9.84 Å². The van der Waals surface area contributed by atoms with Crippen molar-refractivity contribution < 1.29 is 19.4 Å². The number of pyridine rings is 1. The Balaban J connectivity index is 1.63. The van der Waals surface area contributed by atoms with Crippen molar-refractivity contribution in [1.29, 1.82) is 0 Å². The zero-order valence-electron chi connectivity index (χ0n) is 20.1. The summed E-state index contributed by atoms with van der Waals surface area (Å²) >= 11 is 1.31. The number of ether oxygens (including phenoxy) is 1. The molecule has 8 heteroatoms. The fourth-order valence-electron chi connectivity index (χ4n) is 4.18. The molecule has 0 bridgehead atoms. The molecule has 0 radical (unpaired) electrons. The van der Waals surface area contributed by atoms with Gasteiger partial charge in [-0.15, -0.1) is 0 Å². The molecule has 4 aromatic rings. The smallest absolute Gasteiger partial charge is 0.301 e. The Kier molecular flexibility index (Phi) is 6.28. The van der Waals surface area contributed by atoms with Crippen LogP contribution in [-0.4, -0.2) is 33.4 Å². The van der Waals surface area contributed by atoms with E-state index >= 15 is 0 Å². The summed E-state index contributed by atoms with van der Waals surface area (Å²) in [7, 11) is 0. The van der Waals surface area contributed by atoms with Crippen LogP contribution in [0.2, 0.25) is 0 Å². The molecule has 1 N–H and O–H groups in total. The third-order valence-corrected chi connectivity index (χ3v) is 6.96. The number of anilines is 1. The molecule has 0 spiro atoms. The molecule has 1 aliphatic rings. The van der Waals surface area contributed by atoms with Crippen LogP contribution in [0, 0.1) is 12.8 Å². The van der Waals surface area contributed by atoms with Crippen LogP contribution in [0.25, 0.3) is 16.0 Å². The number of Topliss-reactive ketones (excluding diaryl/α,β-unsaturated/α-hetero) is 1. The minimum absolute atomic E-state index is 0.0202. The molecule has 1 aliphatic heterocycles. The van der Waals surface area contributed by atoms with Crippen LogP contribution < -0.4 is 9.64 Å². The summed E-state index contributed by atoms with van der Waals surface area (Å²) in [6.07, 6.45) is 1.60. The molecule has 2 aromatic heterocycles. The second-order valence-corrected chi connectivity index (χ2v) is 10.1. The molecular formula is C28H25N3O4S. The Morgan fingerprint density at radius 1 is 1.11 bits per heavy atom. The number of fused-ring (bicyclic) bond motifs is 1. The number of nitrogens with zero attached hydrogens (tertiary/aromatic N) is 3. The van der Waals surface area contributed by atoms with Crippen LogP contribution in [0.5, 0.6) is 5.75 Å². The number of ketones is 1. The molecule has 1 fully saturated rings. The molecule has 3 heterocycles. The number of aryl methyl sites for hydroxylation is 1. The fraction of sp³-hybridized carbons (Fsp3) is 0.214. The van der Waals surface area contributed by atoms with E-state index < -0.39 is 17.7 Å². The third kappa shape index (κ3) is 4.24. The first kappa shape index (κ1) is 23.7. The molecule has 0 aliphatic carbocycles. The van der Waals surface area contributed by atoms with Gasteiger partial charge in [-0.3, -0.25) is 19.5 Å². The predicted octanol–water partition coefficient (Wildman–Crippen LogP) is 5.66. The Hall–Kier alpha value is -4.04. The van der Waals surface area contributed by atoms with Crippen molar-refractivity contribution in [3.8, 4) is 5.75 Å². The number of benzene rings is 2. The van der Waals surface area contributed by atoms with E-state index in [-0.39, 0.29) is 11.3 Å². The average molecular weight is 500 g/mol. The molecule has 1 atom stereocenters. The molecule has 5 rings (SSSR count). The molecule has 1 unspecified atom stereocenters. The maximum atomic E-state index is 13.3. The first-order chi connectivity index (χ1) is 17.3. The van der Waals surface area contributed by atoms with Gasteiger partial charge in [-0.25, -0.2) is 4.98 Å². The second-order valence-electron chi connectivity index (χ2n) is 9.07. The van der Waals surface area contributed by atoms with Crippen molar-refractivity contribution in [2.45, 2.75) is 26.8 Å². The van der Waals surface area contributed by atoms with Crippen molar-refractivity contribution in [3.63, 3.8) is 0 Å². The maximum absolute atomic E-state index is 13.3. The summed E-state index contributed by atoms with van der Waals surface area (Å²) in [6, 6.07) is 17.1. The Labute approximate surface area is 212 Å². The third-order valence-electron chi connectivity index (χ3n) is 5.92. The molecule has 36 heavy (non-hydrogen) atoms. The molecule has 0 saturated carbocycles. The second kappa shape index (κ2) is 9.54. The highest BCUT2D eigenvalue weighted by molar-refractivity contribution is 7.22. The van der Waals surface area contributed by atoms with E-state index in [2.05, 4.69) is 23.8 Å². The zero-order valence-corrected chi connectivity index (χ0v) is 21.0. The number of para-hydroxylation sites is 1. The van der Waals surface area contributed by atoms with Crippen molar-refractivity contribution in [3.05, 3.63) is 89.3 Å². The SMILES string of the molecule is Cc1cc(/C(O)=C2\C(=O)C(=O)N(c3nc4ccccc4s3)C2c2ccccn2)ccc1OCC(C)C. The van der Waals surface area contributed by atoms with Gasteiger partial charge in [-0.05, 0) is 60.9 Å². The van der Waals surface area contributed by atoms with Gasteiger partial charge in [0.25, 0.3) is 5.78 Å². The zero-order chi connectivity index (χ0) is 25.4. The minimum atomic E-state index is -0.913. The maximum Gasteiger partial charge on any atom is 0.301 e. The van der Waals surface area contributed by atoms with Gasteiger partial charge in [0, 0.05) is 11.8 Å². The van der Waals surface area contributed by atoms with Crippen LogP contribution >= 0.6 is 11.3 Å². The van der Waals surface area contributed by atoms with Crippen LogP contribution in [0.3, 0.4) is 0 Å². The standard InChI is InChI=1S/C28H25N3O4S/c1-16(2)15-35-21-12-11-18(14-17(21)3)25(32)23-24(20-9-6-7-13-29-20)31(27(34)26(23)33)28-30-19-8-4-5-10-22(19)36-28/h4-14,16,24,32H,15H2,1-3H3/b25-23+. The Morgan fingerprint density at radius 2 is 1.89 bits per heavy atom. The first-order valence-corrected chi connectivity index (χ1v) is 12.5. The Bertz CT molecular complexity index is 1460. The highest BCUT2D eigenvalue weighted by Crippen LogP contribution is 2.43. The van der Waals surface area contributed by atoms with E-state index in [1.54, 1.807) is 42.6 Å². The van der Waals surface area contributed by atoms with Gasteiger partial charge in [0.2, 0.25) is 0 Å². The lowest BCUT2D eigenvalue weighted by Crippen LogP contribution is -2.29. The number of amides is 1. The summed E-state index contributed by atoms with van der Waals surface area (Å²) in [5.41, 5.74) is 2.41. The highest BCUT2D eigenvalue weighted by atomic mass is 32.1. The topological polar surface area (TPSA) is 92.6 Å². The van der Waals surface area contributed by atoms with Gasteiger partial charge in [-0.2, -0.15) is 0 Å². The van der Waals surface area contributed by atoms with Crippen molar-refractivity contribution in [2.24, 2.45) is 5.92 Å². The number of carbonyl (C=O) groups excluding carboxylic acids is 2. The predicted molar refractivity (Wildman–Crippen MR) is 140 cm³/mol. The van der Waals surface area contributed by atoms with Crippen LogP contribution in [0.4, 0.5) is 5.13 Å². The van der Waals surface area contributed by atoms with Gasteiger partial charge in [0.15, 0.2) is 5.13 Å². The number of carbonyl (C=O) groups is 2. The average Bonchev–Trinajstić information content (AvgIpc) is 3.41. The number of hydrogen-bond donors (Lipinski definition) is 1. The molecule has 7 nitrogen and oxygen atoms in total.